The minimum Gasteiger partial charge on any atom is -0.389 e. The van der Waals surface area contributed by atoms with E-state index in [4.69, 9.17) is 5.73 Å². The Bertz CT molecular complexity index is 541. The molecule has 0 saturated heterocycles. The van der Waals surface area contributed by atoms with Crippen molar-refractivity contribution >= 4 is 16.3 Å². The van der Waals surface area contributed by atoms with Crippen LogP contribution in [-0.2, 0) is 0 Å². The molecule has 3 heteroatoms. The fraction of sp³-hybridized carbons (Fsp3) is 0.357. The first-order chi connectivity index (χ1) is 7.99. The van der Waals surface area contributed by atoms with Crippen molar-refractivity contribution in [2.75, 3.05) is 5.73 Å². The minimum absolute atomic E-state index is 0.381. The molecule has 2 N–H and O–H groups in total. The monoisotopic (exact) mass is 246 g/mol. The quantitative estimate of drug-likeness (QED) is 0.865. The van der Waals surface area contributed by atoms with Gasteiger partial charge in [0, 0.05) is 5.56 Å². The molecule has 0 amide bonds. The van der Waals surface area contributed by atoms with Gasteiger partial charge in [0.1, 0.15) is 10.0 Å². The van der Waals surface area contributed by atoms with E-state index in [1.54, 1.807) is 11.3 Å². The van der Waals surface area contributed by atoms with Crippen molar-refractivity contribution in [3.8, 4) is 10.6 Å². The van der Waals surface area contributed by atoms with Gasteiger partial charge in [-0.25, -0.2) is 4.98 Å². The predicted octanol–water partition coefficient (Wildman–Crippen LogP) is 4.13. The van der Waals surface area contributed by atoms with Gasteiger partial charge in [-0.05, 0) is 37.0 Å². The number of anilines is 1. The van der Waals surface area contributed by atoms with E-state index in [9.17, 15) is 0 Å². The van der Waals surface area contributed by atoms with E-state index in [0.717, 1.165) is 21.3 Å². The SMILES string of the molecule is Cc1ccc(-c2nc(C(C)C)c(N)s2)cc1C. The zero-order valence-corrected chi connectivity index (χ0v) is 11.6. The lowest BCUT2D eigenvalue weighted by atomic mass is 10.1. The van der Waals surface area contributed by atoms with Gasteiger partial charge in [0.05, 0.1) is 5.69 Å². The van der Waals surface area contributed by atoms with Crippen molar-refractivity contribution in [2.45, 2.75) is 33.6 Å². The summed E-state index contributed by atoms with van der Waals surface area (Å²) in [7, 11) is 0. The molecule has 1 aromatic carbocycles. The van der Waals surface area contributed by atoms with Gasteiger partial charge < -0.3 is 5.73 Å². The minimum atomic E-state index is 0.381. The molecular weight excluding hydrogens is 228 g/mol. The first-order valence-corrected chi connectivity index (χ1v) is 6.64. The molecule has 17 heavy (non-hydrogen) atoms. The molecule has 2 rings (SSSR count). The van der Waals surface area contributed by atoms with Gasteiger partial charge in [-0.2, -0.15) is 0 Å². The summed E-state index contributed by atoms with van der Waals surface area (Å²) in [5.74, 6) is 0.381. The Labute approximate surface area is 107 Å². The van der Waals surface area contributed by atoms with Crippen LogP contribution in [0.1, 0.15) is 36.6 Å². The number of nitrogens with zero attached hydrogens (tertiary/aromatic N) is 1. The van der Waals surface area contributed by atoms with E-state index in [1.807, 2.05) is 0 Å². The number of hydrogen-bond acceptors (Lipinski definition) is 3. The Morgan fingerprint density at radius 1 is 1.18 bits per heavy atom. The molecule has 2 nitrogen and oxygen atoms in total. The smallest absolute Gasteiger partial charge is 0.125 e. The van der Waals surface area contributed by atoms with Crippen LogP contribution in [0.3, 0.4) is 0 Å². The third kappa shape index (κ3) is 2.34. The summed E-state index contributed by atoms with van der Waals surface area (Å²) in [5, 5.41) is 1.86. The Balaban J connectivity index is 2.46. The summed E-state index contributed by atoms with van der Waals surface area (Å²) in [6.07, 6.45) is 0. The molecule has 0 aliphatic carbocycles. The molecule has 0 saturated carbocycles. The third-order valence-electron chi connectivity index (χ3n) is 2.98. The lowest BCUT2D eigenvalue weighted by molar-refractivity contribution is 0.837. The average molecular weight is 246 g/mol. The van der Waals surface area contributed by atoms with Gasteiger partial charge in [0.2, 0.25) is 0 Å². The van der Waals surface area contributed by atoms with Crippen molar-refractivity contribution in [1.82, 2.24) is 4.98 Å². The molecule has 0 fully saturated rings. The van der Waals surface area contributed by atoms with Crippen molar-refractivity contribution in [2.24, 2.45) is 0 Å². The second-order valence-corrected chi connectivity index (χ2v) is 5.75. The number of nitrogens with two attached hydrogens (primary N) is 1. The normalized spacial score (nSPS) is 11.1. The number of benzene rings is 1. The van der Waals surface area contributed by atoms with E-state index in [1.165, 1.54) is 11.1 Å². The zero-order valence-electron chi connectivity index (χ0n) is 10.7. The van der Waals surface area contributed by atoms with E-state index < -0.39 is 0 Å². The maximum atomic E-state index is 6.00. The van der Waals surface area contributed by atoms with Crippen LogP contribution in [0.2, 0.25) is 0 Å². The molecule has 0 unspecified atom stereocenters. The molecule has 0 aliphatic heterocycles. The number of rotatable bonds is 2. The first-order valence-electron chi connectivity index (χ1n) is 5.83. The van der Waals surface area contributed by atoms with Crippen LogP contribution in [-0.4, -0.2) is 4.98 Å². The standard InChI is InChI=1S/C14H18N2S/c1-8(2)12-13(15)17-14(16-12)11-6-5-9(3)10(4)7-11/h5-8H,15H2,1-4H3. The Morgan fingerprint density at radius 2 is 1.88 bits per heavy atom. The molecule has 1 aromatic heterocycles. The van der Waals surface area contributed by atoms with Gasteiger partial charge in [0.25, 0.3) is 0 Å². The number of aryl methyl sites for hydroxylation is 2. The van der Waals surface area contributed by atoms with Crippen LogP contribution in [0.15, 0.2) is 18.2 Å². The van der Waals surface area contributed by atoms with Gasteiger partial charge in [0.15, 0.2) is 0 Å². The first kappa shape index (κ1) is 12.1. The molecule has 0 atom stereocenters. The van der Waals surface area contributed by atoms with Crippen LogP contribution in [0, 0.1) is 13.8 Å². The lowest BCUT2D eigenvalue weighted by Crippen LogP contribution is -1.93. The molecule has 0 bridgehead atoms. The molecular formula is C14H18N2S. The highest BCUT2D eigenvalue weighted by Crippen LogP contribution is 2.34. The lowest BCUT2D eigenvalue weighted by Gasteiger charge is -2.02. The highest BCUT2D eigenvalue weighted by molar-refractivity contribution is 7.18. The zero-order chi connectivity index (χ0) is 12.6. The third-order valence-corrected chi connectivity index (χ3v) is 3.93. The van der Waals surface area contributed by atoms with Crippen molar-refractivity contribution in [3.05, 3.63) is 35.0 Å². The molecule has 0 aliphatic rings. The number of thiazole rings is 1. The molecule has 90 valence electrons. The summed E-state index contributed by atoms with van der Waals surface area (Å²) in [6.45, 7) is 8.49. The van der Waals surface area contributed by atoms with Crippen molar-refractivity contribution in [1.29, 1.82) is 0 Å². The second-order valence-electron chi connectivity index (χ2n) is 4.72. The Hall–Kier alpha value is -1.35. The second kappa shape index (κ2) is 4.49. The Morgan fingerprint density at radius 3 is 2.41 bits per heavy atom. The molecule has 0 radical (unpaired) electrons. The summed E-state index contributed by atoms with van der Waals surface area (Å²) in [4.78, 5) is 4.64. The number of hydrogen-bond donors (Lipinski definition) is 1. The molecule has 2 aromatic rings. The fourth-order valence-electron chi connectivity index (χ4n) is 1.76. The Kier molecular flexibility index (Phi) is 3.20. The van der Waals surface area contributed by atoms with E-state index in [0.29, 0.717) is 5.92 Å². The predicted molar refractivity (Wildman–Crippen MR) is 75.5 cm³/mol. The number of nitrogen functional groups attached to an aromatic ring is 1. The summed E-state index contributed by atoms with van der Waals surface area (Å²) >= 11 is 1.58. The molecule has 1 heterocycles. The van der Waals surface area contributed by atoms with Crippen LogP contribution < -0.4 is 5.73 Å². The topological polar surface area (TPSA) is 38.9 Å². The highest BCUT2D eigenvalue weighted by Gasteiger charge is 2.13. The van der Waals surface area contributed by atoms with Crippen LogP contribution in [0.5, 0.6) is 0 Å². The van der Waals surface area contributed by atoms with Crippen LogP contribution in [0.4, 0.5) is 5.00 Å². The van der Waals surface area contributed by atoms with Crippen molar-refractivity contribution < 1.29 is 0 Å². The summed E-state index contributed by atoms with van der Waals surface area (Å²) in [6, 6.07) is 6.43. The summed E-state index contributed by atoms with van der Waals surface area (Å²) < 4.78 is 0. The summed E-state index contributed by atoms with van der Waals surface area (Å²) in [5.41, 5.74) is 10.8. The van der Waals surface area contributed by atoms with E-state index in [-0.39, 0.29) is 0 Å². The number of aromatic nitrogens is 1. The van der Waals surface area contributed by atoms with Gasteiger partial charge in [-0.1, -0.05) is 37.3 Å². The van der Waals surface area contributed by atoms with E-state index in [2.05, 4.69) is 50.9 Å². The van der Waals surface area contributed by atoms with Crippen LogP contribution >= 0.6 is 11.3 Å². The fourth-order valence-corrected chi connectivity index (χ4v) is 2.74. The van der Waals surface area contributed by atoms with Gasteiger partial charge in [-0.3, -0.25) is 0 Å². The van der Waals surface area contributed by atoms with Crippen molar-refractivity contribution in [3.63, 3.8) is 0 Å². The van der Waals surface area contributed by atoms with Gasteiger partial charge >= 0.3 is 0 Å². The maximum Gasteiger partial charge on any atom is 0.125 e. The average Bonchev–Trinajstić information content (AvgIpc) is 2.64. The van der Waals surface area contributed by atoms with E-state index >= 15 is 0 Å². The van der Waals surface area contributed by atoms with Gasteiger partial charge in [-0.15, -0.1) is 0 Å². The van der Waals surface area contributed by atoms with Crippen LogP contribution in [0.25, 0.3) is 10.6 Å². The molecule has 0 spiro atoms. The maximum absolute atomic E-state index is 6.00. The highest BCUT2D eigenvalue weighted by atomic mass is 32.1. The largest absolute Gasteiger partial charge is 0.389 e.